The zero-order valence-corrected chi connectivity index (χ0v) is 20.9. The fourth-order valence-corrected chi connectivity index (χ4v) is 5.06. The van der Waals surface area contributed by atoms with Crippen molar-refractivity contribution in [3.8, 4) is 0 Å². The first-order chi connectivity index (χ1) is 16.6. The van der Waals surface area contributed by atoms with E-state index in [1.165, 1.54) is 19.1 Å². The van der Waals surface area contributed by atoms with Crippen molar-refractivity contribution < 1.29 is 48.7 Å². The first-order valence-corrected chi connectivity index (χ1v) is 12.6. The van der Waals surface area contributed by atoms with Gasteiger partial charge >= 0.3 is 18.0 Å². The summed E-state index contributed by atoms with van der Waals surface area (Å²) < 4.78 is 118. The summed E-state index contributed by atoms with van der Waals surface area (Å²) in [4.78, 5) is 26.2. The van der Waals surface area contributed by atoms with Gasteiger partial charge in [-0.2, -0.15) is 26.3 Å². The van der Waals surface area contributed by atoms with Gasteiger partial charge in [0.2, 0.25) is 0 Å². The van der Waals surface area contributed by atoms with E-state index < -0.39 is 73.7 Å². The van der Waals surface area contributed by atoms with E-state index in [-0.39, 0.29) is 22.8 Å². The highest BCUT2D eigenvalue weighted by molar-refractivity contribution is 7.90. The molecule has 0 aromatic heterocycles. The number of nitrogens with two attached hydrogens (primary N) is 1. The largest absolute Gasteiger partial charge is 0.435 e. The van der Waals surface area contributed by atoms with Crippen LogP contribution >= 0.6 is 11.6 Å². The summed E-state index contributed by atoms with van der Waals surface area (Å²) in [5, 5.41) is -0.237. The lowest BCUT2D eigenvalue weighted by molar-refractivity contribution is -0.348. The second-order valence-electron chi connectivity index (χ2n) is 8.30. The van der Waals surface area contributed by atoms with Gasteiger partial charge in [0.25, 0.3) is 11.8 Å². The van der Waals surface area contributed by atoms with Gasteiger partial charge in [-0.05, 0) is 37.6 Å². The summed E-state index contributed by atoms with van der Waals surface area (Å²) >= 11 is 5.97. The Hall–Kier alpha value is -2.87. The molecule has 0 saturated heterocycles. The third-order valence-electron chi connectivity index (χ3n) is 5.33. The molecular weight excluding hydrogens is 557 g/mol. The van der Waals surface area contributed by atoms with E-state index in [0.29, 0.717) is 6.07 Å². The number of hydrogen-bond acceptors (Lipinski definition) is 4. The number of primary amides is 1. The minimum atomic E-state index is -6.37. The Bertz CT molecular complexity index is 1310. The fourth-order valence-electron chi connectivity index (χ4n) is 3.77. The van der Waals surface area contributed by atoms with Gasteiger partial charge in [-0.15, -0.1) is 0 Å². The molecule has 1 atom stereocenters. The molecule has 0 saturated carbocycles. The number of halogens is 8. The highest BCUT2D eigenvalue weighted by Crippen LogP contribution is 2.53. The number of anilines is 1. The molecule has 0 heterocycles. The quantitative estimate of drug-likeness (QED) is 0.463. The Balaban J connectivity index is 2.80. The Morgan fingerprint density at radius 2 is 1.57 bits per heavy atom. The van der Waals surface area contributed by atoms with Crippen molar-refractivity contribution in [1.82, 2.24) is 0 Å². The molecule has 15 heteroatoms. The molecule has 0 spiro atoms. The normalized spacial score (nSPS) is 13.8. The lowest BCUT2D eigenvalue weighted by Crippen LogP contribution is -2.50. The van der Waals surface area contributed by atoms with Crippen molar-refractivity contribution >= 4 is 38.9 Å². The van der Waals surface area contributed by atoms with Crippen LogP contribution < -0.4 is 10.6 Å². The summed E-state index contributed by atoms with van der Waals surface area (Å²) in [6, 6.07) is 3.45. The van der Waals surface area contributed by atoms with Crippen molar-refractivity contribution in [3.05, 3.63) is 63.7 Å². The topological polar surface area (TPSA) is 97.5 Å². The van der Waals surface area contributed by atoms with Crippen LogP contribution in [0.5, 0.6) is 0 Å². The molecule has 2 aromatic carbocycles. The molecule has 2 N–H and O–H groups in total. The van der Waals surface area contributed by atoms with Crippen LogP contribution in [0, 0.1) is 6.92 Å². The summed E-state index contributed by atoms with van der Waals surface area (Å²) in [6.07, 6.45) is -11.9. The Kier molecular flexibility index (Phi) is 8.30. The average molecular weight is 577 g/mol. The van der Waals surface area contributed by atoms with Gasteiger partial charge in [0.15, 0.2) is 0 Å². The number of nitrogens with zero attached hydrogens (tertiary/aromatic N) is 1. The van der Waals surface area contributed by atoms with E-state index in [1.54, 1.807) is 0 Å². The van der Waals surface area contributed by atoms with Crippen LogP contribution in [0.25, 0.3) is 0 Å². The van der Waals surface area contributed by atoms with Crippen molar-refractivity contribution in [1.29, 1.82) is 0 Å². The van der Waals surface area contributed by atoms with E-state index in [0.717, 1.165) is 24.1 Å². The molecule has 0 radical (unpaired) electrons. The van der Waals surface area contributed by atoms with Crippen molar-refractivity contribution in [2.45, 2.75) is 37.9 Å². The van der Waals surface area contributed by atoms with Gasteiger partial charge in [0, 0.05) is 23.5 Å². The smallest absolute Gasteiger partial charge is 0.366 e. The number of carbonyl (C=O) groups is 2. The molecular formula is C22H20ClF7N2O4S. The lowest BCUT2D eigenvalue weighted by atomic mass is 9.92. The van der Waals surface area contributed by atoms with E-state index in [4.69, 9.17) is 17.3 Å². The molecule has 204 valence electrons. The third kappa shape index (κ3) is 6.00. The molecule has 0 aliphatic heterocycles. The van der Waals surface area contributed by atoms with Crippen LogP contribution in [0.4, 0.5) is 36.4 Å². The molecule has 2 amide bonds. The number of benzene rings is 2. The van der Waals surface area contributed by atoms with Crippen molar-refractivity contribution in [3.63, 3.8) is 0 Å². The predicted octanol–water partition coefficient (Wildman–Crippen LogP) is 5.12. The molecule has 6 nitrogen and oxygen atoms in total. The average Bonchev–Trinajstić information content (AvgIpc) is 2.70. The number of amides is 2. The van der Waals surface area contributed by atoms with Gasteiger partial charge < -0.3 is 10.6 Å². The third-order valence-corrected chi connectivity index (χ3v) is 6.73. The van der Waals surface area contributed by atoms with E-state index >= 15 is 0 Å². The molecule has 2 aromatic rings. The van der Waals surface area contributed by atoms with Crippen LogP contribution in [-0.2, 0) is 15.5 Å². The Morgan fingerprint density at radius 1 is 1.03 bits per heavy atom. The monoisotopic (exact) mass is 576 g/mol. The van der Waals surface area contributed by atoms with E-state index in [1.807, 2.05) is 0 Å². The first-order valence-electron chi connectivity index (χ1n) is 10.2. The zero-order chi connectivity index (χ0) is 28.7. The minimum absolute atomic E-state index is 0.198. The maximum Gasteiger partial charge on any atom is 0.435 e. The molecule has 0 aliphatic carbocycles. The van der Waals surface area contributed by atoms with Gasteiger partial charge in [-0.25, -0.2) is 12.8 Å². The maximum atomic E-state index is 14.6. The molecule has 2 rings (SSSR count). The minimum Gasteiger partial charge on any atom is -0.366 e. The summed E-state index contributed by atoms with van der Waals surface area (Å²) in [6.45, 7) is 2.25. The Labute approximate surface area is 212 Å². The van der Waals surface area contributed by atoms with E-state index in [2.05, 4.69) is 0 Å². The predicted molar refractivity (Wildman–Crippen MR) is 122 cm³/mol. The maximum absolute atomic E-state index is 14.6. The number of rotatable bonds is 7. The number of hydrogen-bond donors (Lipinski definition) is 1. The van der Waals surface area contributed by atoms with Crippen LogP contribution in [0.3, 0.4) is 0 Å². The molecule has 37 heavy (non-hydrogen) atoms. The molecule has 0 unspecified atom stereocenters. The molecule has 0 aliphatic rings. The van der Waals surface area contributed by atoms with Crippen molar-refractivity contribution in [2.24, 2.45) is 5.73 Å². The number of sulfone groups is 1. The van der Waals surface area contributed by atoms with Crippen LogP contribution in [0.1, 0.15) is 38.8 Å². The van der Waals surface area contributed by atoms with Gasteiger partial charge in [-0.3, -0.25) is 9.59 Å². The molecule has 0 bridgehead atoms. The second-order valence-corrected chi connectivity index (χ2v) is 10.9. The lowest BCUT2D eigenvalue weighted by Gasteiger charge is -2.33. The highest BCUT2D eigenvalue weighted by Gasteiger charge is 2.73. The highest BCUT2D eigenvalue weighted by atomic mass is 35.5. The summed E-state index contributed by atoms with van der Waals surface area (Å²) in [5.41, 5.74) is -3.83. The van der Waals surface area contributed by atoms with Crippen LogP contribution in [0.2, 0.25) is 5.02 Å². The van der Waals surface area contributed by atoms with Crippen LogP contribution in [0.15, 0.2) is 36.4 Å². The number of carbonyl (C=O) groups excluding carboxylic acids is 2. The number of aryl methyl sites for hydroxylation is 1. The zero-order valence-electron chi connectivity index (χ0n) is 19.3. The van der Waals surface area contributed by atoms with Crippen LogP contribution in [-0.4, -0.2) is 50.6 Å². The van der Waals surface area contributed by atoms with Gasteiger partial charge in [0.05, 0.1) is 21.9 Å². The standard InChI is InChI=1S/C22H20ClF7N2O4S/c1-11-9-13(20(24,21(25,26)27)22(28,29)30)7-8-16(11)32(12(2)10-37(3,35)36)19(34)14-5-4-6-15(23)17(14)18(31)33/h4-9,12H,10H2,1-3H3,(H2,31,33)/t12-/m0/s1. The fraction of sp³-hybridized carbons (Fsp3) is 0.364. The van der Waals surface area contributed by atoms with E-state index in [9.17, 15) is 48.7 Å². The Morgan fingerprint density at radius 3 is 2.00 bits per heavy atom. The first kappa shape index (κ1) is 30.4. The molecule has 0 fully saturated rings. The summed E-state index contributed by atoms with van der Waals surface area (Å²) in [5.74, 6) is -2.90. The van der Waals surface area contributed by atoms with Crippen molar-refractivity contribution in [2.75, 3.05) is 16.9 Å². The SMILES string of the molecule is Cc1cc(C(F)(C(F)(F)F)C(F)(F)F)ccc1N(C(=O)c1cccc(Cl)c1C(N)=O)[C@@H](C)CS(C)(=O)=O. The summed E-state index contributed by atoms with van der Waals surface area (Å²) in [7, 11) is -3.78. The second kappa shape index (κ2) is 10.1. The number of alkyl halides is 7. The van der Waals surface area contributed by atoms with Gasteiger partial charge in [-0.1, -0.05) is 29.8 Å². The van der Waals surface area contributed by atoms with Gasteiger partial charge in [0.1, 0.15) is 9.84 Å².